The van der Waals surface area contributed by atoms with Crippen molar-refractivity contribution in [2.24, 2.45) is 27.2 Å². The number of benzene rings is 1. The predicted octanol–water partition coefficient (Wildman–Crippen LogP) is 1.18. The molecule has 0 saturated heterocycles. The van der Waals surface area contributed by atoms with Crippen molar-refractivity contribution in [3.8, 4) is 0 Å². The summed E-state index contributed by atoms with van der Waals surface area (Å²) in [6.45, 7) is 3.79. The van der Waals surface area contributed by atoms with Crippen LogP contribution in [0, 0.1) is 13.8 Å². The molecular formula is C10H14ClN5. The van der Waals surface area contributed by atoms with Crippen LogP contribution in [0.2, 0.25) is 5.02 Å². The second-order valence-electron chi connectivity index (χ2n) is 3.40. The summed E-state index contributed by atoms with van der Waals surface area (Å²) in [5.74, 6) is -0.107. The SMILES string of the molecule is Cc1cc(N=C(N)N=C(N)N)cc(C)c1Cl. The minimum absolute atomic E-state index is 0.0149. The summed E-state index contributed by atoms with van der Waals surface area (Å²) in [4.78, 5) is 7.67. The molecule has 0 aromatic heterocycles. The molecular weight excluding hydrogens is 226 g/mol. The fourth-order valence-electron chi connectivity index (χ4n) is 1.28. The van der Waals surface area contributed by atoms with E-state index in [4.69, 9.17) is 28.8 Å². The van der Waals surface area contributed by atoms with Gasteiger partial charge in [0.1, 0.15) is 0 Å². The summed E-state index contributed by atoms with van der Waals surface area (Å²) < 4.78 is 0. The van der Waals surface area contributed by atoms with Gasteiger partial charge in [0.15, 0.2) is 5.96 Å². The lowest BCUT2D eigenvalue weighted by molar-refractivity contribution is 1.33. The first-order valence-electron chi connectivity index (χ1n) is 4.60. The highest BCUT2D eigenvalue weighted by molar-refractivity contribution is 6.32. The molecule has 1 rings (SSSR count). The highest BCUT2D eigenvalue weighted by Gasteiger charge is 2.02. The Balaban J connectivity index is 3.12. The lowest BCUT2D eigenvalue weighted by Crippen LogP contribution is -2.26. The third kappa shape index (κ3) is 3.13. The van der Waals surface area contributed by atoms with E-state index in [1.807, 2.05) is 26.0 Å². The van der Waals surface area contributed by atoms with Gasteiger partial charge >= 0.3 is 0 Å². The molecule has 0 aliphatic carbocycles. The Morgan fingerprint density at radius 2 is 1.62 bits per heavy atom. The average Bonchev–Trinajstić information content (AvgIpc) is 2.12. The van der Waals surface area contributed by atoms with Crippen LogP contribution >= 0.6 is 11.6 Å². The van der Waals surface area contributed by atoms with Gasteiger partial charge in [0.2, 0.25) is 5.96 Å². The van der Waals surface area contributed by atoms with E-state index in [0.29, 0.717) is 5.69 Å². The first kappa shape index (κ1) is 12.3. The molecule has 16 heavy (non-hydrogen) atoms. The molecule has 0 spiro atoms. The van der Waals surface area contributed by atoms with E-state index in [1.165, 1.54) is 0 Å². The van der Waals surface area contributed by atoms with Crippen molar-refractivity contribution in [3.05, 3.63) is 28.3 Å². The maximum Gasteiger partial charge on any atom is 0.223 e. The molecule has 0 bridgehead atoms. The van der Waals surface area contributed by atoms with Crippen molar-refractivity contribution in [1.29, 1.82) is 0 Å². The minimum atomic E-state index is -0.122. The van der Waals surface area contributed by atoms with Gasteiger partial charge < -0.3 is 17.2 Å². The van der Waals surface area contributed by atoms with Crippen LogP contribution in [0.25, 0.3) is 0 Å². The predicted molar refractivity (Wildman–Crippen MR) is 68.0 cm³/mol. The quantitative estimate of drug-likeness (QED) is 0.506. The molecule has 5 nitrogen and oxygen atoms in total. The van der Waals surface area contributed by atoms with E-state index >= 15 is 0 Å². The Morgan fingerprint density at radius 1 is 1.12 bits per heavy atom. The van der Waals surface area contributed by atoms with Gasteiger partial charge in [0, 0.05) is 5.02 Å². The molecule has 0 amide bonds. The molecule has 0 atom stereocenters. The highest BCUT2D eigenvalue weighted by atomic mass is 35.5. The van der Waals surface area contributed by atoms with E-state index in [0.717, 1.165) is 16.1 Å². The summed E-state index contributed by atoms with van der Waals surface area (Å²) in [6.07, 6.45) is 0. The maximum absolute atomic E-state index is 6.02. The average molecular weight is 240 g/mol. The summed E-state index contributed by atoms with van der Waals surface area (Å²) in [6, 6.07) is 3.62. The third-order valence-corrected chi connectivity index (χ3v) is 2.50. The molecule has 1 aromatic carbocycles. The first-order chi connectivity index (χ1) is 7.40. The van der Waals surface area contributed by atoms with E-state index in [9.17, 15) is 0 Å². The zero-order chi connectivity index (χ0) is 12.3. The van der Waals surface area contributed by atoms with Crippen LogP contribution in [0.5, 0.6) is 0 Å². The zero-order valence-corrected chi connectivity index (χ0v) is 9.92. The Hall–Kier alpha value is -1.75. The zero-order valence-electron chi connectivity index (χ0n) is 9.16. The molecule has 0 saturated carbocycles. The Labute approximate surface area is 99.0 Å². The Morgan fingerprint density at radius 3 is 2.06 bits per heavy atom. The first-order valence-corrected chi connectivity index (χ1v) is 4.98. The number of aryl methyl sites for hydroxylation is 2. The molecule has 6 heteroatoms. The van der Waals surface area contributed by atoms with E-state index in [1.54, 1.807) is 0 Å². The number of aliphatic imine (C=N–C) groups is 2. The second-order valence-corrected chi connectivity index (χ2v) is 3.78. The van der Waals surface area contributed by atoms with Gasteiger partial charge in [-0.3, -0.25) is 0 Å². The van der Waals surface area contributed by atoms with Crippen LogP contribution in [-0.2, 0) is 0 Å². The minimum Gasteiger partial charge on any atom is -0.370 e. The number of hydrogen-bond acceptors (Lipinski definition) is 1. The summed E-state index contributed by atoms with van der Waals surface area (Å²) in [5.41, 5.74) is 18.4. The number of nitrogens with zero attached hydrogens (tertiary/aromatic N) is 2. The summed E-state index contributed by atoms with van der Waals surface area (Å²) in [7, 11) is 0. The van der Waals surface area contributed by atoms with Crippen molar-refractivity contribution >= 4 is 29.2 Å². The van der Waals surface area contributed by atoms with Crippen LogP contribution in [0.3, 0.4) is 0 Å². The molecule has 0 aliphatic heterocycles. The van der Waals surface area contributed by atoms with Crippen molar-refractivity contribution < 1.29 is 0 Å². The fraction of sp³-hybridized carbons (Fsp3) is 0.200. The van der Waals surface area contributed by atoms with Crippen LogP contribution < -0.4 is 17.2 Å². The van der Waals surface area contributed by atoms with Gasteiger partial charge in [0.05, 0.1) is 5.69 Å². The van der Waals surface area contributed by atoms with Crippen molar-refractivity contribution in [2.45, 2.75) is 13.8 Å². The highest BCUT2D eigenvalue weighted by Crippen LogP contribution is 2.25. The van der Waals surface area contributed by atoms with Gasteiger partial charge in [-0.1, -0.05) is 11.6 Å². The summed E-state index contributed by atoms with van der Waals surface area (Å²) >= 11 is 6.02. The third-order valence-electron chi connectivity index (χ3n) is 1.91. The normalized spacial score (nSPS) is 11.3. The van der Waals surface area contributed by atoms with Crippen LogP contribution in [0.1, 0.15) is 11.1 Å². The molecule has 86 valence electrons. The molecule has 1 aromatic rings. The molecule has 0 radical (unpaired) electrons. The van der Waals surface area contributed by atoms with Gasteiger partial charge in [-0.15, -0.1) is 0 Å². The van der Waals surface area contributed by atoms with E-state index in [2.05, 4.69) is 9.98 Å². The fourth-order valence-corrected chi connectivity index (χ4v) is 1.39. The number of rotatable bonds is 1. The van der Waals surface area contributed by atoms with Crippen molar-refractivity contribution in [1.82, 2.24) is 0 Å². The standard InChI is InChI=1S/C10H14ClN5/c1-5-3-7(4-6(2)8(5)11)15-10(14)16-9(12)13/h3-4H,1-2H3,(H6,12,13,14,15,16). The van der Waals surface area contributed by atoms with Crippen LogP contribution in [-0.4, -0.2) is 11.9 Å². The van der Waals surface area contributed by atoms with Gasteiger partial charge in [-0.2, -0.15) is 4.99 Å². The van der Waals surface area contributed by atoms with Crippen molar-refractivity contribution in [3.63, 3.8) is 0 Å². The molecule has 0 heterocycles. The molecule has 0 fully saturated rings. The topological polar surface area (TPSA) is 103 Å². The number of halogens is 1. The monoisotopic (exact) mass is 239 g/mol. The van der Waals surface area contributed by atoms with E-state index < -0.39 is 0 Å². The maximum atomic E-state index is 6.02. The van der Waals surface area contributed by atoms with Crippen LogP contribution in [0.4, 0.5) is 5.69 Å². The van der Waals surface area contributed by atoms with E-state index in [-0.39, 0.29) is 11.9 Å². The van der Waals surface area contributed by atoms with Gasteiger partial charge in [0.25, 0.3) is 0 Å². The lowest BCUT2D eigenvalue weighted by atomic mass is 10.1. The number of nitrogens with two attached hydrogens (primary N) is 3. The van der Waals surface area contributed by atoms with Gasteiger partial charge in [-0.05, 0) is 37.1 Å². The second kappa shape index (κ2) is 4.85. The van der Waals surface area contributed by atoms with Gasteiger partial charge in [-0.25, -0.2) is 4.99 Å². The molecule has 0 aliphatic rings. The largest absolute Gasteiger partial charge is 0.370 e. The lowest BCUT2D eigenvalue weighted by Gasteiger charge is -2.04. The Bertz CT molecular complexity index is 437. The molecule has 0 unspecified atom stereocenters. The smallest absolute Gasteiger partial charge is 0.223 e. The Kier molecular flexibility index (Phi) is 3.73. The number of hydrogen-bond donors (Lipinski definition) is 3. The number of guanidine groups is 2. The van der Waals surface area contributed by atoms with Crippen molar-refractivity contribution in [2.75, 3.05) is 0 Å². The molecule has 6 N–H and O–H groups in total. The van der Waals surface area contributed by atoms with Crippen LogP contribution in [0.15, 0.2) is 22.1 Å². The summed E-state index contributed by atoms with van der Waals surface area (Å²) in [5, 5.41) is 0.722.